The molecule has 0 aromatic heterocycles. The minimum atomic E-state index is -0.335. The van der Waals surface area contributed by atoms with Gasteiger partial charge in [0.25, 0.3) is 0 Å². The summed E-state index contributed by atoms with van der Waals surface area (Å²) in [5.41, 5.74) is 2.44. The molecule has 0 atom stereocenters. The summed E-state index contributed by atoms with van der Waals surface area (Å²) in [6.07, 6.45) is 0. The minimum Gasteiger partial charge on any atom is -0.492 e. The summed E-state index contributed by atoms with van der Waals surface area (Å²) in [4.78, 5) is 16.4. The third-order valence-corrected chi connectivity index (χ3v) is 4.38. The molecule has 0 bridgehead atoms. The first-order chi connectivity index (χ1) is 12.6. The summed E-state index contributed by atoms with van der Waals surface area (Å²) in [6.45, 7) is 5.77. The molecule has 2 amide bonds. The van der Waals surface area contributed by atoms with Crippen molar-refractivity contribution in [2.75, 3.05) is 44.2 Å². The molecule has 2 aromatic rings. The van der Waals surface area contributed by atoms with Crippen LogP contribution in [0.1, 0.15) is 5.56 Å². The number of aryl methyl sites for hydroxylation is 1. The fraction of sp³-hybridized carbons (Fsp3) is 0.350. The van der Waals surface area contributed by atoms with Crippen LogP contribution in [0.4, 0.5) is 14.9 Å². The van der Waals surface area contributed by atoms with E-state index in [2.05, 4.69) is 41.4 Å². The number of hydrogen-bond acceptors (Lipinski definition) is 3. The van der Waals surface area contributed by atoms with Gasteiger partial charge in [-0.25, -0.2) is 9.18 Å². The summed E-state index contributed by atoms with van der Waals surface area (Å²) < 4.78 is 18.5. The van der Waals surface area contributed by atoms with Gasteiger partial charge in [-0.3, -0.25) is 0 Å². The Hall–Kier alpha value is -2.76. The van der Waals surface area contributed by atoms with Gasteiger partial charge in [-0.2, -0.15) is 0 Å². The molecule has 1 N–H and O–H groups in total. The van der Waals surface area contributed by atoms with Crippen LogP contribution in [-0.2, 0) is 0 Å². The van der Waals surface area contributed by atoms with E-state index in [-0.39, 0.29) is 11.8 Å². The number of benzene rings is 2. The van der Waals surface area contributed by atoms with Crippen LogP contribution in [0.3, 0.4) is 0 Å². The molecule has 0 aliphatic carbocycles. The number of nitrogens with zero attached hydrogens (tertiary/aromatic N) is 2. The van der Waals surface area contributed by atoms with Crippen molar-refractivity contribution in [3.8, 4) is 5.75 Å². The summed E-state index contributed by atoms with van der Waals surface area (Å²) in [7, 11) is 0. The Morgan fingerprint density at radius 3 is 2.62 bits per heavy atom. The van der Waals surface area contributed by atoms with Crippen molar-refractivity contribution in [1.29, 1.82) is 0 Å². The molecule has 0 spiro atoms. The quantitative estimate of drug-likeness (QED) is 0.837. The van der Waals surface area contributed by atoms with Gasteiger partial charge in [-0.1, -0.05) is 18.2 Å². The van der Waals surface area contributed by atoms with Crippen LogP contribution >= 0.6 is 0 Å². The van der Waals surface area contributed by atoms with Crippen LogP contribution in [0.25, 0.3) is 0 Å². The Kier molecular flexibility index (Phi) is 5.94. The van der Waals surface area contributed by atoms with Gasteiger partial charge >= 0.3 is 6.03 Å². The average molecular weight is 357 g/mol. The Balaban J connectivity index is 1.38. The van der Waals surface area contributed by atoms with E-state index >= 15 is 0 Å². The zero-order valence-electron chi connectivity index (χ0n) is 15.0. The molecule has 1 saturated heterocycles. The number of amides is 2. The van der Waals surface area contributed by atoms with Crippen LogP contribution in [0.15, 0.2) is 48.5 Å². The fourth-order valence-electron chi connectivity index (χ4n) is 2.99. The molecular weight excluding hydrogens is 333 g/mol. The van der Waals surface area contributed by atoms with E-state index in [9.17, 15) is 9.18 Å². The van der Waals surface area contributed by atoms with Crippen molar-refractivity contribution in [3.05, 3.63) is 59.9 Å². The van der Waals surface area contributed by atoms with E-state index in [0.717, 1.165) is 13.1 Å². The Labute approximate surface area is 153 Å². The number of hydrogen-bond donors (Lipinski definition) is 1. The summed E-state index contributed by atoms with van der Waals surface area (Å²) in [5.74, 6) is 0.129. The average Bonchev–Trinajstić information content (AvgIpc) is 2.65. The van der Waals surface area contributed by atoms with Gasteiger partial charge in [0.15, 0.2) is 0 Å². The van der Waals surface area contributed by atoms with Gasteiger partial charge in [0, 0.05) is 37.9 Å². The lowest BCUT2D eigenvalue weighted by atomic mass is 10.2. The molecule has 0 radical (unpaired) electrons. The first-order valence-electron chi connectivity index (χ1n) is 8.84. The predicted octanol–water partition coefficient (Wildman–Crippen LogP) is 3.04. The lowest BCUT2D eigenvalue weighted by molar-refractivity contribution is 0.191. The molecule has 1 aliphatic rings. The van der Waals surface area contributed by atoms with Gasteiger partial charge in [0.05, 0.1) is 6.54 Å². The van der Waals surface area contributed by atoms with Gasteiger partial charge in [0.1, 0.15) is 18.2 Å². The molecule has 26 heavy (non-hydrogen) atoms. The molecule has 2 aromatic carbocycles. The standard InChI is InChI=1S/C20H24FN3O2/c1-16-4-2-6-18(14-16)23-9-11-24(12-10-23)20(25)22-8-13-26-19-7-3-5-17(21)15-19/h2-7,14-15H,8-13H2,1H3,(H,22,25). The number of carbonyl (C=O) groups is 1. The van der Waals surface area contributed by atoms with Crippen molar-refractivity contribution < 1.29 is 13.9 Å². The number of anilines is 1. The monoisotopic (exact) mass is 357 g/mol. The van der Waals surface area contributed by atoms with Crippen molar-refractivity contribution >= 4 is 11.7 Å². The molecule has 0 unspecified atom stereocenters. The van der Waals surface area contributed by atoms with Crippen LogP contribution in [0.5, 0.6) is 5.75 Å². The molecule has 1 heterocycles. The van der Waals surface area contributed by atoms with E-state index in [4.69, 9.17) is 4.74 Å². The Morgan fingerprint density at radius 2 is 1.88 bits per heavy atom. The molecule has 0 saturated carbocycles. The van der Waals surface area contributed by atoms with Gasteiger partial charge in [-0.05, 0) is 36.8 Å². The smallest absolute Gasteiger partial charge is 0.317 e. The number of urea groups is 1. The van der Waals surface area contributed by atoms with E-state index in [0.29, 0.717) is 32.0 Å². The highest BCUT2D eigenvalue weighted by atomic mass is 19.1. The van der Waals surface area contributed by atoms with Crippen LogP contribution < -0.4 is 15.0 Å². The Bertz CT molecular complexity index is 745. The zero-order valence-corrected chi connectivity index (χ0v) is 15.0. The number of piperazine rings is 1. The normalized spacial score (nSPS) is 14.2. The number of halogens is 1. The highest BCUT2D eigenvalue weighted by molar-refractivity contribution is 5.74. The molecular formula is C20H24FN3O2. The van der Waals surface area contributed by atoms with Crippen molar-refractivity contribution in [2.45, 2.75) is 6.92 Å². The van der Waals surface area contributed by atoms with Crippen molar-refractivity contribution in [2.24, 2.45) is 0 Å². The number of ether oxygens (including phenoxy) is 1. The summed E-state index contributed by atoms with van der Waals surface area (Å²) in [6, 6.07) is 14.3. The first kappa shape index (κ1) is 18.0. The summed E-state index contributed by atoms with van der Waals surface area (Å²) >= 11 is 0. The van der Waals surface area contributed by atoms with Gasteiger partial charge in [-0.15, -0.1) is 0 Å². The third-order valence-electron chi connectivity index (χ3n) is 4.38. The largest absolute Gasteiger partial charge is 0.492 e. The number of carbonyl (C=O) groups excluding carboxylic acids is 1. The summed E-state index contributed by atoms with van der Waals surface area (Å²) in [5, 5.41) is 2.85. The minimum absolute atomic E-state index is 0.0864. The molecule has 1 fully saturated rings. The van der Waals surface area contributed by atoms with E-state index < -0.39 is 0 Å². The maximum absolute atomic E-state index is 13.1. The molecule has 138 valence electrons. The zero-order chi connectivity index (χ0) is 18.4. The second-order valence-corrected chi connectivity index (χ2v) is 6.35. The van der Waals surface area contributed by atoms with Crippen LogP contribution in [0, 0.1) is 12.7 Å². The Morgan fingerprint density at radius 1 is 1.12 bits per heavy atom. The van der Waals surface area contributed by atoms with Crippen LogP contribution in [-0.4, -0.2) is 50.3 Å². The van der Waals surface area contributed by atoms with Crippen LogP contribution in [0.2, 0.25) is 0 Å². The fourth-order valence-corrected chi connectivity index (χ4v) is 2.99. The maximum Gasteiger partial charge on any atom is 0.317 e. The highest BCUT2D eigenvalue weighted by Gasteiger charge is 2.20. The third kappa shape index (κ3) is 4.88. The second-order valence-electron chi connectivity index (χ2n) is 6.35. The molecule has 6 heteroatoms. The van der Waals surface area contributed by atoms with Gasteiger partial charge < -0.3 is 19.9 Å². The van der Waals surface area contributed by atoms with E-state index in [1.165, 1.54) is 23.4 Å². The molecule has 1 aliphatic heterocycles. The predicted molar refractivity (Wildman–Crippen MR) is 100 cm³/mol. The first-order valence-corrected chi connectivity index (χ1v) is 8.84. The lowest BCUT2D eigenvalue weighted by Crippen LogP contribution is -2.52. The van der Waals surface area contributed by atoms with E-state index in [1.807, 2.05) is 4.90 Å². The second kappa shape index (κ2) is 8.56. The number of rotatable bonds is 5. The van der Waals surface area contributed by atoms with E-state index in [1.54, 1.807) is 12.1 Å². The molecule has 3 rings (SSSR count). The highest BCUT2D eigenvalue weighted by Crippen LogP contribution is 2.17. The molecule has 5 nitrogen and oxygen atoms in total. The van der Waals surface area contributed by atoms with Crippen molar-refractivity contribution in [3.63, 3.8) is 0 Å². The topological polar surface area (TPSA) is 44.8 Å². The number of nitrogens with one attached hydrogen (secondary N) is 1. The lowest BCUT2D eigenvalue weighted by Gasteiger charge is -2.36. The SMILES string of the molecule is Cc1cccc(N2CCN(C(=O)NCCOc3cccc(F)c3)CC2)c1. The maximum atomic E-state index is 13.1. The van der Waals surface area contributed by atoms with Crippen molar-refractivity contribution in [1.82, 2.24) is 10.2 Å². The van der Waals surface area contributed by atoms with Gasteiger partial charge in [0.2, 0.25) is 0 Å².